The topological polar surface area (TPSA) is 29.5 Å². The summed E-state index contributed by atoms with van der Waals surface area (Å²) in [6, 6.07) is 17.8. The normalized spacial score (nSPS) is 18.5. The SMILES string of the molecule is Cc1ccc(C(=O)N2CCOC(c3ccccc3)C2)cc1. The van der Waals surface area contributed by atoms with Gasteiger partial charge in [0.25, 0.3) is 5.91 Å². The number of nitrogens with zero attached hydrogens (tertiary/aromatic N) is 1. The Balaban J connectivity index is 1.74. The van der Waals surface area contributed by atoms with E-state index >= 15 is 0 Å². The highest BCUT2D eigenvalue weighted by Gasteiger charge is 2.25. The first kappa shape index (κ1) is 13.8. The van der Waals surface area contributed by atoms with E-state index in [1.807, 2.05) is 66.4 Å². The van der Waals surface area contributed by atoms with Crippen LogP contribution in [0.25, 0.3) is 0 Å². The van der Waals surface area contributed by atoms with Crippen LogP contribution in [0.4, 0.5) is 0 Å². The van der Waals surface area contributed by atoms with E-state index < -0.39 is 0 Å². The van der Waals surface area contributed by atoms with Gasteiger partial charge >= 0.3 is 0 Å². The van der Waals surface area contributed by atoms with Gasteiger partial charge in [0, 0.05) is 12.1 Å². The molecule has 1 aliphatic rings. The molecule has 1 aliphatic heterocycles. The summed E-state index contributed by atoms with van der Waals surface area (Å²) in [5.41, 5.74) is 3.03. The van der Waals surface area contributed by atoms with Gasteiger partial charge in [0.05, 0.1) is 13.2 Å². The second kappa shape index (κ2) is 6.10. The summed E-state index contributed by atoms with van der Waals surface area (Å²) >= 11 is 0. The average molecular weight is 281 g/mol. The third kappa shape index (κ3) is 3.14. The van der Waals surface area contributed by atoms with Crippen molar-refractivity contribution in [3.63, 3.8) is 0 Å². The van der Waals surface area contributed by atoms with E-state index in [2.05, 4.69) is 0 Å². The largest absolute Gasteiger partial charge is 0.370 e. The van der Waals surface area contributed by atoms with Crippen molar-refractivity contribution in [2.24, 2.45) is 0 Å². The minimum atomic E-state index is -0.0330. The van der Waals surface area contributed by atoms with Crippen LogP contribution in [-0.2, 0) is 4.74 Å². The molecule has 108 valence electrons. The number of carbonyl (C=O) groups is 1. The molecule has 1 unspecified atom stereocenters. The van der Waals surface area contributed by atoms with Crippen LogP contribution in [0.3, 0.4) is 0 Å². The molecule has 0 saturated carbocycles. The summed E-state index contributed by atoms with van der Waals surface area (Å²) in [7, 11) is 0. The van der Waals surface area contributed by atoms with E-state index in [0.29, 0.717) is 19.7 Å². The number of amides is 1. The number of hydrogen-bond acceptors (Lipinski definition) is 2. The molecule has 3 rings (SSSR count). The molecule has 3 nitrogen and oxygen atoms in total. The molecule has 2 aromatic rings. The van der Waals surface area contributed by atoms with Gasteiger partial charge in [0.15, 0.2) is 0 Å². The lowest BCUT2D eigenvalue weighted by Crippen LogP contribution is -2.42. The fourth-order valence-electron chi connectivity index (χ4n) is 2.58. The lowest BCUT2D eigenvalue weighted by molar-refractivity contribution is -0.0228. The Bertz CT molecular complexity index is 607. The first-order valence-corrected chi connectivity index (χ1v) is 7.26. The van der Waals surface area contributed by atoms with Gasteiger partial charge in [0.1, 0.15) is 6.10 Å². The molecule has 2 aromatic carbocycles. The Kier molecular flexibility index (Phi) is 4.02. The molecular weight excluding hydrogens is 262 g/mol. The van der Waals surface area contributed by atoms with Crippen LogP contribution in [-0.4, -0.2) is 30.5 Å². The summed E-state index contributed by atoms with van der Waals surface area (Å²) in [4.78, 5) is 14.4. The molecule has 1 saturated heterocycles. The number of rotatable bonds is 2. The predicted molar refractivity (Wildman–Crippen MR) is 82.2 cm³/mol. The van der Waals surface area contributed by atoms with Crippen LogP contribution in [0.2, 0.25) is 0 Å². The Hall–Kier alpha value is -2.13. The van der Waals surface area contributed by atoms with Gasteiger partial charge in [-0.25, -0.2) is 0 Å². The molecule has 1 heterocycles. The van der Waals surface area contributed by atoms with Gasteiger partial charge in [-0.2, -0.15) is 0 Å². The minimum Gasteiger partial charge on any atom is -0.370 e. The second-order valence-corrected chi connectivity index (χ2v) is 5.39. The number of benzene rings is 2. The smallest absolute Gasteiger partial charge is 0.254 e. The van der Waals surface area contributed by atoms with Crippen LogP contribution in [0.1, 0.15) is 27.6 Å². The van der Waals surface area contributed by atoms with E-state index in [9.17, 15) is 4.79 Å². The lowest BCUT2D eigenvalue weighted by atomic mass is 10.1. The average Bonchev–Trinajstić information content (AvgIpc) is 2.56. The molecule has 0 bridgehead atoms. The molecule has 3 heteroatoms. The fourth-order valence-corrected chi connectivity index (χ4v) is 2.58. The highest BCUT2D eigenvalue weighted by molar-refractivity contribution is 5.94. The van der Waals surface area contributed by atoms with Crippen molar-refractivity contribution in [1.29, 1.82) is 0 Å². The van der Waals surface area contributed by atoms with Gasteiger partial charge in [0.2, 0.25) is 0 Å². The number of hydrogen-bond donors (Lipinski definition) is 0. The highest BCUT2D eigenvalue weighted by Crippen LogP contribution is 2.23. The van der Waals surface area contributed by atoms with E-state index in [0.717, 1.165) is 16.7 Å². The van der Waals surface area contributed by atoms with Crippen LogP contribution >= 0.6 is 0 Å². The van der Waals surface area contributed by atoms with Crippen LogP contribution < -0.4 is 0 Å². The van der Waals surface area contributed by atoms with Gasteiger partial charge in [-0.05, 0) is 24.6 Å². The molecule has 0 radical (unpaired) electrons. The predicted octanol–water partition coefficient (Wildman–Crippen LogP) is 3.21. The molecule has 1 fully saturated rings. The fraction of sp³-hybridized carbons (Fsp3) is 0.278. The number of aryl methyl sites for hydroxylation is 1. The molecule has 0 aliphatic carbocycles. The van der Waals surface area contributed by atoms with Gasteiger partial charge in [-0.15, -0.1) is 0 Å². The van der Waals surface area contributed by atoms with Crippen molar-refractivity contribution in [2.45, 2.75) is 13.0 Å². The van der Waals surface area contributed by atoms with Crippen molar-refractivity contribution < 1.29 is 9.53 Å². The van der Waals surface area contributed by atoms with E-state index in [4.69, 9.17) is 4.74 Å². The maximum absolute atomic E-state index is 12.6. The summed E-state index contributed by atoms with van der Waals surface area (Å²) in [6.07, 6.45) is -0.0330. The zero-order valence-electron chi connectivity index (χ0n) is 12.2. The lowest BCUT2D eigenvalue weighted by Gasteiger charge is -2.33. The molecule has 0 spiro atoms. The first-order chi connectivity index (χ1) is 10.2. The van der Waals surface area contributed by atoms with Crippen LogP contribution in [0.5, 0.6) is 0 Å². The van der Waals surface area contributed by atoms with Gasteiger partial charge in [-0.3, -0.25) is 4.79 Å². The van der Waals surface area contributed by atoms with Gasteiger partial charge in [-0.1, -0.05) is 48.0 Å². The quantitative estimate of drug-likeness (QED) is 0.846. The standard InChI is InChI=1S/C18H19NO2/c1-14-7-9-16(10-8-14)18(20)19-11-12-21-17(13-19)15-5-3-2-4-6-15/h2-10,17H,11-13H2,1H3. The Morgan fingerprint density at radius 2 is 1.81 bits per heavy atom. The molecule has 1 amide bonds. The van der Waals surface area contributed by atoms with Crippen molar-refractivity contribution in [1.82, 2.24) is 4.90 Å². The van der Waals surface area contributed by atoms with Crippen LogP contribution in [0.15, 0.2) is 54.6 Å². The Labute approximate surface area is 125 Å². The van der Waals surface area contributed by atoms with E-state index in [1.165, 1.54) is 0 Å². The zero-order chi connectivity index (χ0) is 14.7. The highest BCUT2D eigenvalue weighted by atomic mass is 16.5. The number of ether oxygens (including phenoxy) is 1. The Morgan fingerprint density at radius 1 is 1.10 bits per heavy atom. The molecular formula is C18H19NO2. The third-order valence-electron chi connectivity index (χ3n) is 3.82. The van der Waals surface area contributed by atoms with E-state index in [-0.39, 0.29) is 12.0 Å². The monoisotopic (exact) mass is 281 g/mol. The second-order valence-electron chi connectivity index (χ2n) is 5.39. The summed E-state index contributed by atoms with van der Waals surface area (Å²) in [5.74, 6) is 0.0826. The number of carbonyl (C=O) groups excluding carboxylic acids is 1. The Morgan fingerprint density at radius 3 is 2.52 bits per heavy atom. The summed E-state index contributed by atoms with van der Waals surface area (Å²) < 4.78 is 5.81. The molecule has 0 aromatic heterocycles. The minimum absolute atomic E-state index is 0.0330. The van der Waals surface area contributed by atoms with E-state index in [1.54, 1.807) is 0 Å². The van der Waals surface area contributed by atoms with Crippen molar-refractivity contribution in [3.05, 3.63) is 71.3 Å². The van der Waals surface area contributed by atoms with Crippen molar-refractivity contribution in [3.8, 4) is 0 Å². The molecule has 0 N–H and O–H groups in total. The maximum atomic E-state index is 12.6. The number of morpholine rings is 1. The van der Waals surface area contributed by atoms with Gasteiger partial charge < -0.3 is 9.64 Å². The first-order valence-electron chi connectivity index (χ1n) is 7.26. The zero-order valence-corrected chi connectivity index (χ0v) is 12.2. The molecule has 1 atom stereocenters. The third-order valence-corrected chi connectivity index (χ3v) is 3.82. The molecule has 21 heavy (non-hydrogen) atoms. The summed E-state index contributed by atoms with van der Waals surface area (Å²) in [5, 5.41) is 0. The maximum Gasteiger partial charge on any atom is 0.254 e. The summed E-state index contributed by atoms with van der Waals surface area (Å²) in [6.45, 7) is 3.86. The van der Waals surface area contributed by atoms with Crippen molar-refractivity contribution in [2.75, 3.05) is 19.7 Å². The van der Waals surface area contributed by atoms with Crippen molar-refractivity contribution >= 4 is 5.91 Å². The van der Waals surface area contributed by atoms with Crippen LogP contribution in [0, 0.1) is 6.92 Å².